The summed E-state index contributed by atoms with van der Waals surface area (Å²) in [4.78, 5) is 18.8. The predicted molar refractivity (Wildman–Crippen MR) is 109 cm³/mol. The van der Waals surface area contributed by atoms with Crippen LogP contribution in [-0.4, -0.2) is 50.2 Å². The molecule has 0 bridgehead atoms. The lowest BCUT2D eigenvalue weighted by Gasteiger charge is -2.39. The molecular formula is C22H26N4O2. The number of amides is 1. The Balaban J connectivity index is 1.36. The number of nitrogens with zero attached hydrogens (tertiary/aromatic N) is 3. The van der Waals surface area contributed by atoms with E-state index in [0.29, 0.717) is 38.9 Å². The van der Waals surface area contributed by atoms with E-state index in [2.05, 4.69) is 4.98 Å². The highest BCUT2D eigenvalue weighted by atomic mass is 16.3. The summed E-state index contributed by atoms with van der Waals surface area (Å²) in [5.74, 6) is -0.0403. The number of nitrogens with two attached hydrogens (primary N) is 1. The zero-order valence-corrected chi connectivity index (χ0v) is 15.9. The van der Waals surface area contributed by atoms with Gasteiger partial charge in [0, 0.05) is 25.5 Å². The fourth-order valence-corrected chi connectivity index (χ4v) is 3.97. The molecule has 6 nitrogen and oxygen atoms in total. The lowest BCUT2D eigenvalue weighted by atomic mass is 9.90. The predicted octanol–water partition coefficient (Wildman–Crippen LogP) is 1.96. The molecular weight excluding hydrogens is 352 g/mol. The summed E-state index contributed by atoms with van der Waals surface area (Å²) in [6.07, 6.45) is 5.34. The van der Waals surface area contributed by atoms with Crippen molar-refractivity contribution in [3.63, 3.8) is 0 Å². The minimum atomic E-state index is -0.831. The quantitative estimate of drug-likeness (QED) is 0.711. The first-order valence-electron chi connectivity index (χ1n) is 9.75. The van der Waals surface area contributed by atoms with Crippen molar-refractivity contribution in [1.82, 2.24) is 14.5 Å². The van der Waals surface area contributed by atoms with Gasteiger partial charge in [-0.25, -0.2) is 0 Å². The minimum Gasteiger partial charge on any atom is -0.388 e. The summed E-state index contributed by atoms with van der Waals surface area (Å²) in [5.41, 5.74) is 8.32. The van der Waals surface area contributed by atoms with Gasteiger partial charge in [-0.3, -0.25) is 9.78 Å². The average Bonchev–Trinajstić information content (AvgIpc) is 3.11. The van der Waals surface area contributed by atoms with Crippen molar-refractivity contribution in [2.75, 3.05) is 13.1 Å². The van der Waals surface area contributed by atoms with E-state index in [1.807, 2.05) is 59.3 Å². The van der Waals surface area contributed by atoms with E-state index in [1.165, 1.54) is 0 Å². The molecule has 0 radical (unpaired) electrons. The van der Waals surface area contributed by atoms with E-state index >= 15 is 0 Å². The normalized spacial score (nSPS) is 17.6. The number of rotatable bonds is 5. The summed E-state index contributed by atoms with van der Waals surface area (Å²) in [6, 6.07) is 15.1. The van der Waals surface area contributed by atoms with Gasteiger partial charge in [0.1, 0.15) is 0 Å². The van der Waals surface area contributed by atoms with Crippen molar-refractivity contribution >= 4 is 16.9 Å². The molecule has 0 aliphatic carbocycles. The van der Waals surface area contributed by atoms with Crippen LogP contribution in [0.3, 0.4) is 0 Å². The number of aromatic nitrogens is 2. The van der Waals surface area contributed by atoms with Crippen molar-refractivity contribution in [2.24, 2.45) is 5.73 Å². The minimum absolute atomic E-state index is 0.0403. The van der Waals surface area contributed by atoms with Gasteiger partial charge in [-0.15, -0.1) is 0 Å². The zero-order valence-electron chi connectivity index (χ0n) is 15.9. The summed E-state index contributed by atoms with van der Waals surface area (Å²) in [6.45, 7) is 1.55. The number of carbonyl (C=O) groups is 1. The Kier molecular flexibility index (Phi) is 5.15. The number of likely N-dealkylation sites (tertiary alicyclic amines) is 1. The van der Waals surface area contributed by atoms with Gasteiger partial charge in [0.15, 0.2) is 0 Å². The van der Waals surface area contributed by atoms with E-state index in [0.717, 1.165) is 16.6 Å². The molecule has 146 valence electrons. The standard InChI is InChI=1S/C22H26N4O2/c23-18(15-17-5-2-1-3-6-17)21(27)25-13-9-22(28,10-14-25)16-26-12-8-19-20(26)7-4-11-24-19/h1-8,11-12,18,28H,9-10,13-16,23H2. The third kappa shape index (κ3) is 3.93. The van der Waals surface area contributed by atoms with Gasteiger partial charge in [-0.1, -0.05) is 30.3 Å². The van der Waals surface area contributed by atoms with Gasteiger partial charge < -0.3 is 20.3 Å². The van der Waals surface area contributed by atoms with Gasteiger partial charge >= 0.3 is 0 Å². The maximum atomic E-state index is 12.7. The molecule has 1 aliphatic rings. The molecule has 3 heterocycles. The number of hydrogen-bond acceptors (Lipinski definition) is 4. The van der Waals surface area contributed by atoms with E-state index in [4.69, 9.17) is 5.73 Å². The summed E-state index contributed by atoms with van der Waals surface area (Å²) < 4.78 is 2.04. The molecule has 1 aliphatic heterocycles. The topological polar surface area (TPSA) is 84.4 Å². The molecule has 6 heteroatoms. The molecule has 1 amide bonds. The molecule has 28 heavy (non-hydrogen) atoms. The first kappa shape index (κ1) is 18.7. The number of carbonyl (C=O) groups excluding carboxylic acids is 1. The van der Waals surface area contributed by atoms with Crippen LogP contribution in [0.1, 0.15) is 18.4 Å². The second-order valence-electron chi connectivity index (χ2n) is 7.70. The molecule has 1 unspecified atom stereocenters. The Hall–Kier alpha value is -2.70. The monoisotopic (exact) mass is 378 g/mol. The smallest absolute Gasteiger partial charge is 0.239 e. The second-order valence-corrected chi connectivity index (χ2v) is 7.70. The van der Waals surface area contributed by atoms with Crippen molar-refractivity contribution in [3.8, 4) is 0 Å². The number of aliphatic hydroxyl groups is 1. The Morgan fingerprint density at radius 1 is 1.14 bits per heavy atom. The average molecular weight is 378 g/mol. The van der Waals surface area contributed by atoms with Gasteiger partial charge in [-0.2, -0.15) is 0 Å². The molecule has 0 saturated carbocycles. The molecule has 1 saturated heterocycles. The molecule has 1 fully saturated rings. The third-order valence-corrected chi connectivity index (χ3v) is 5.62. The molecule has 1 atom stereocenters. The maximum absolute atomic E-state index is 12.7. The molecule has 3 aromatic rings. The van der Waals surface area contributed by atoms with Crippen molar-refractivity contribution < 1.29 is 9.90 Å². The van der Waals surface area contributed by atoms with Crippen LogP contribution in [0, 0.1) is 0 Å². The fourth-order valence-electron chi connectivity index (χ4n) is 3.97. The van der Waals surface area contributed by atoms with E-state index in [-0.39, 0.29) is 5.91 Å². The lowest BCUT2D eigenvalue weighted by Crippen LogP contribution is -2.53. The van der Waals surface area contributed by atoms with Crippen LogP contribution < -0.4 is 5.73 Å². The molecule has 2 aromatic heterocycles. The van der Waals surface area contributed by atoms with Crippen LogP contribution in [0.15, 0.2) is 60.9 Å². The highest BCUT2D eigenvalue weighted by Gasteiger charge is 2.35. The number of fused-ring (bicyclic) bond motifs is 1. The first-order chi connectivity index (χ1) is 13.5. The SMILES string of the molecule is NC(Cc1ccccc1)C(=O)N1CCC(O)(Cn2ccc3ncccc32)CC1. The van der Waals surface area contributed by atoms with Crippen molar-refractivity contribution in [2.45, 2.75) is 37.5 Å². The maximum Gasteiger partial charge on any atom is 0.239 e. The van der Waals surface area contributed by atoms with E-state index in [1.54, 1.807) is 11.1 Å². The Bertz CT molecular complexity index is 945. The van der Waals surface area contributed by atoms with Crippen LogP contribution in [0.25, 0.3) is 11.0 Å². The molecule has 3 N–H and O–H groups in total. The van der Waals surface area contributed by atoms with Crippen LogP contribution in [0.5, 0.6) is 0 Å². The Morgan fingerprint density at radius 3 is 2.64 bits per heavy atom. The van der Waals surface area contributed by atoms with Crippen LogP contribution in [0.4, 0.5) is 0 Å². The van der Waals surface area contributed by atoms with Crippen LogP contribution in [-0.2, 0) is 17.8 Å². The van der Waals surface area contributed by atoms with Gasteiger partial charge in [-0.05, 0) is 43.0 Å². The highest BCUT2D eigenvalue weighted by molar-refractivity contribution is 5.82. The van der Waals surface area contributed by atoms with Gasteiger partial charge in [0.05, 0.1) is 29.2 Å². The largest absolute Gasteiger partial charge is 0.388 e. The Morgan fingerprint density at radius 2 is 1.89 bits per heavy atom. The lowest BCUT2D eigenvalue weighted by molar-refractivity contribution is -0.137. The molecule has 4 rings (SSSR count). The molecule has 0 spiro atoms. The van der Waals surface area contributed by atoms with Gasteiger partial charge in [0.2, 0.25) is 5.91 Å². The van der Waals surface area contributed by atoms with Crippen molar-refractivity contribution in [3.05, 3.63) is 66.5 Å². The summed E-state index contributed by atoms with van der Waals surface area (Å²) >= 11 is 0. The number of hydrogen-bond donors (Lipinski definition) is 2. The summed E-state index contributed by atoms with van der Waals surface area (Å²) in [5, 5.41) is 11.1. The van der Waals surface area contributed by atoms with Crippen LogP contribution in [0.2, 0.25) is 0 Å². The van der Waals surface area contributed by atoms with Crippen LogP contribution >= 0.6 is 0 Å². The zero-order chi connectivity index (χ0) is 19.6. The number of piperidine rings is 1. The van der Waals surface area contributed by atoms with Crippen molar-refractivity contribution in [1.29, 1.82) is 0 Å². The summed E-state index contributed by atoms with van der Waals surface area (Å²) in [7, 11) is 0. The number of pyridine rings is 1. The second kappa shape index (κ2) is 7.73. The van der Waals surface area contributed by atoms with E-state index < -0.39 is 11.6 Å². The fraction of sp³-hybridized carbons (Fsp3) is 0.364. The Labute approximate surface area is 164 Å². The third-order valence-electron chi connectivity index (χ3n) is 5.62. The van der Waals surface area contributed by atoms with Gasteiger partial charge in [0.25, 0.3) is 0 Å². The highest BCUT2D eigenvalue weighted by Crippen LogP contribution is 2.26. The molecule has 1 aromatic carbocycles. The number of benzene rings is 1. The van der Waals surface area contributed by atoms with E-state index in [9.17, 15) is 9.90 Å². The first-order valence-corrected chi connectivity index (χ1v) is 9.75.